The highest BCUT2D eigenvalue weighted by Gasteiger charge is 2.25. The second-order valence-electron chi connectivity index (χ2n) is 6.66. The molecule has 0 spiro atoms. The van der Waals surface area contributed by atoms with Crippen molar-refractivity contribution >= 4 is 10.9 Å². The minimum atomic E-state index is 0.202. The van der Waals surface area contributed by atoms with Crippen LogP contribution < -0.4 is 0 Å². The van der Waals surface area contributed by atoms with Crippen LogP contribution in [0.4, 0.5) is 0 Å². The smallest absolute Gasteiger partial charge is 0.0743 e. The van der Waals surface area contributed by atoms with Crippen molar-refractivity contribution in [3.63, 3.8) is 0 Å². The highest BCUT2D eigenvalue weighted by molar-refractivity contribution is 5.83. The number of hydrogen-bond acceptors (Lipinski definition) is 1. The number of rotatable bonds is 1. The van der Waals surface area contributed by atoms with Crippen LogP contribution in [0.2, 0.25) is 0 Å². The molecular formula is C19H21N. The molecule has 1 atom stereocenters. The fraction of sp³-hybridized carbons (Fsp3) is 0.316. The molecule has 0 aliphatic heterocycles. The molecule has 0 radical (unpaired) electrons. The Morgan fingerprint density at radius 1 is 1.05 bits per heavy atom. The second-order valence-corrected chi connectivity index (χ2v) is 6.66. The number of hydrogen-bond donors (Lipinski definition) is 0. The number of benzene rings is 1. The first-order valence-electron chi connectivity index (χ1n) is 7.21. The van der Waals surface area contributed by atoms with Gasteiger partial charge in [-0.25, -0.2) is 0 Å². The minimum absolute atomic E-state index is 0.202. The molecule has 1 aromatic heterocycles. The maximum Gasteiger partial charge on any atom is 0.0743 e. The highest BCUT2D eigenvalue weighted by Crippen LogP contribution is 2.41. The van der Waals surface area contributed by atoms with Crippen LogP contribution in [-0.2, 0) is 0 Å². The fourth-order valence-corrected chi connectivity index (χ4v) is 2.87. The first-order valence-corrected chi connectivity index (χ1v) is 7.21. The van der Waals surface area contributed by atoms with E-state index in [9.17, 15) is 0 Å². The van der Waals surface area contributed by atoms with Crippen molar-refractivity contribution in [2.45, 2.75) is 33.6 Å². The summed E-state index contributed by atoms with van der Waals surface area (Å²) in [5, 5.41) is 1.22. The van der Waals surface area contributed by atoms with E-state index < -0.39 is 0 Å². The molecule has 1 aliphatic carbocycles. The van der Waals surface area contributed by atoms with Gasteiger partial charge in [0.1, 0.15) is 0 Å². The fourth-order valence-electron chi connectivity index (χ4n) is 2.87. The summed E-state index contributed by atoms with van der Waals surface area (Å²) in [7, 11) is 0. The lowest BCUT2D eigenvalue weighted by Crippen LogP contribution is -2.06. The van der Waals surface area contributed by atoms with Crippen LogP contribution in [0.3, 0.4) is 0 Å². The zero-order valence-electron chi connectivity index (χ0n) is 12.6. The molecule has 0 fully saturated rings. The van der Waals surface area contributed by atoms with Gasteiger partial charge >= 0.3 is 0 Å². The Morgan fingerprint density at radius 2 is 1.80 bits per heavy atom. The predicted octanol–water partition coefficient (Wildman–Crippen LogP) is 5.25. The van der Waals surface area contributed by atoms with E-state index in [0.717, 1.165) is 5.52 Å². The first kappa shape index (κ1) is 13.1. The molecule has 0 amide bonds. The zero-order valence-corrected chi connectivity index (χ0v) is 12.6. The quantitative estimate of drug-likeness (QED) is 0.684. The lowest BCUT2D eigenvalue weighted by molar-refractivity contribution is 0.517. The Hall–Kier alpha value is -1.89. The Kier molecular flexibility index (Phi) is 3.01. The van der Waals surface area contributed by atoms with Gasteiger partial charge in [-0.2, -0.15) is 0 Å². The van der Waals surface area contributed by atoms with E-state index in [2.05, 4.69) is 69.1 Å². The molecule has 0 saturated heterocycles. The lowest BCUT2D eigenvalue weighted by Gasteiger charge is -2.18. The third-order valence-corrected chi connectivity index (χ3v) is 4.08. The van der Waals surface area contributed by atoms with Gasteiger partial charge in [0.05, 0.1) is 5.52 Å². The van der Waals surface area contributed by atoms with Crippen molar-refractivity contribution in [2.24, 2.45) is 5.41 Å². The van der Waals surface area contributed by atoms with Crippen LogP contribution in [0, 0.1) is 5.41 Å². The van der Waals surface area contributed by atoms with Crippen LogP contribution in [-0.4, -0.2) is 4.98 Å². The number of fused-ring (bicyclic) bond motifs is 1. The SMILES string of the molecule is CC1=CC(C(C)(C)C)=CC1c1cccc2cccnc12. The Morgan fingerprint density at radius 3 is 2.50 bits per heavy atom. The summed E-state index contributed by atoms with van der Waals surface area (Å²) < 4.78 is 0. The van der Waals surface area contributed by atoms with Gasteiger partial charge in [0, 0.05) is 17.5 Å². The van der Waals surface area contributed by atoms with Crippen molar-refractivity contribution in [1.29, 1.82) is 0 Å². The summed E-state index contributed by atoms with van der Waals surface area (Å²) in [4.78, 5) is 4.59. The van der Waals surface area contributed by atoms with E-state index in [-0.39, 0.29) is 5.41 Å². The monoisotopic (exact) mass is 263 g/mol. The minimum Gasteiger partial charge on any atom is -0.256 e. The molecule has 0 bridgehead atoms. The normalized spacial score (nSPS) is 19.1. The van der Waals surface area contributed by atoms with Crippen molar-refractivity contribution in [2.75, 3.05) is 0 Å². The lowest BCUT2D eigenvalue weighted by atomic mass is 9.86. The Labute approximate surface area is 121 Å². The maximum atomic E-state index is 4.59. The molecule has 102 valence electrons. The topological polar surface area (TPSA) is 12.9 Å². The van der Waals surface area contributed by atoms with Gasteiger partial charge in [-0.05, 0) is 29.5 Å². The van der Waals surface area contributed by atoms with Crippen LogP contribution in [0.25, 0.3) is 10.9 Å². The molecule has 1 unspecified atom stereocenters. The maximum absolute atomic E-state index is 4.59. The summed E-state index contributed by atoms with van der Waals surface area (Å²) in [6.45, 7) is 9.03. The van der Waals surface area contributed by atoms with E-state index in [1.807, 2.05) is 12.3 Å². The largest absolute Gasteiger partial charge is 0.256 e. The molecule has 1 aliphatic rings. The summed E-state index contributed by atoms with van der Waals surface area (Å²) in [5.74, 6) is 0.364. The Balaban J connectivity index is 2.14. The zero-order chi connectivity index (χ0) is 14.3. The van der Waals surface area contributed by atoms with Gasteiger partial charge < -0.3 is 0 Å². The van der Waals surface area contributed by atoms with Crippen molar-refractivity contribution < 1.29 is 0 Å². The van der Waals surface area contributed by atoms with E-state index >= 15 is 0 Å². The van der Waals surface area contributed by atoms with Crippen LogP contribution in [0.1, 0.15) is 39.2 Å². The molecule has 0 saturated carbocycles. The van der Waals surface area contributed by atoms with Gasteiger partial charge in [0.25, 0.3) is 0 Å². The van der Waals surface area contributed by atoms with E-state index in [0.29, 0.717) is 5.92 Å². The molecule has 0 N–H and O–H groups in total. The van der Waals surface area contributed by atoms with Crippen LogP contribution in [0.15, 0.2) is 59.8 Å². The van der Waals surface area contributed by atoms with E-state index in [4.69, 9.17) is 0 Å². The summed E-state index contributed by atoms with van der Waals surface area (Å²) in [6.07, 6.45) is 6.62. The van der Waals surface area contributed by atoms with E-state index in [1.165, 1.54) is 22.1 Å². The molecule has 1 aromatic carbocycles. The van der Waals surface area contributed by atoms with Gasteiger partial charge in [0.2, 0.25) is 0 Å². The van der Waals surface area contributed by atoms with Gasteiger partial charge in [-0.15, -0.1) is 0 Å². The average molecular weight is 263 g/mol. The second kappa shape index (κ2) is 4.59. The standard InChI is InChI=1S/C19H21N/c1-13-11-15(19(2,3)4)12-17(13)16-9-5-7-14-8-6-10-20-18(14)16/h5-12,17H,1-4H3. The molecule has 1 heteroatoms. The van der Waals surface area contributed by atoms with Crippen LogP contribution in [0.5, 0.6) is 0 Å². The third kappa shape index (κ3) is 2.18. The van der Waals surface area contributed by atoms with Crippen molar-refractivity contribution in [1.82, 2.24) is 4.98 Å². The number of allylic oxidation sites excluding steroid dienone is 4. The highest BCUT2D eigenvalue weighted by atomic mass is 14.7. The molecule has 2 aromatic rings. The average Bonchev–Trinajstić information content (AvgIpc) is 2.80. The van der Waals surface area contributed by atoms with Crippen molar-refractivity contribution in [3.8, 4) is 0 Å². The Bertz CT molecular complexity index is 709. The predicted molar refractivity (Wildman–Crippen MR) is 85.8 cm³/mol. The third-order valence-electron chi connectivity index (χ3n) is 4.08. The van der Waals surface area contributed by atoms with Gasteiger partial charge in [0.15, 0.2) is 0 Å². The summed E-state index contributed by atoms with van der Waals surface area (Å²) >= 11 is 0. The van der Waals surface area contributed by atoms with Gasteiger partial charge in [-0.3, -0.25) is 4.98 Å². The first-order chi connectivity index (χ1) is 9.47. The molecular weight excluding hydrogens is 242 g/mol. The number of para-hydroxylation sites is 1. The molecule has 20 heavy (non-hydrogen) atoms. The van der Waals surface area contributed by atoms with Crippen LogP contribution >= 0.6 is 0 Å². The number of pyridine rings is 1. The number of aromatic nitrogens is 1. The van der Waals surface area contributed by atoms with Gasteiger partial charge in [-0.1, -0.05) is 62.8 Å². The van der Waals surface area contributed by atoms with E-state index in [1.54, 1.807) is 0 Å². The molecule has 1 nitrogen and oxygen atoms in total. The van der Waals surface area contributed by atoms with Crippen molar-refractivity contribution in [3.05, 3.63) is 65.4 Å². The molecule has 3 rings (SSSR count). The summed E-state index contributed by atoms with van der Waals surface area (Å²) in [5.41, 5.74) is 5.48. The molecule has 1 heterocycles. The number of nitrogens with zero attached hydrogens (tertiary/aromatic N) is 1. The summed E-state index contributed by atoms with van der Waals surface area (Å²) in [6, 6.07) is 10.6.